The van der Waals surface area contributed by atoms with Gasteiger partial charge in [0, 0.05) is 30.7 Å². The number of hydrogen-bond donors (Lipinski definition) is 0. The van der Waals surface area contributed by atoms with Gasteiger partial charge in [-0.25, -0.2) is 9.97 Å². The highest BCUT2D eigenvalue weighted by molar-refractivity contribution is 6.23. The number of hydrogen-bond acceptors (Lipinski definition) is 7. The van der Waals surface area contributed by atoms with Crippen molar-refractivity contribution in [2.75, 3.05) is 4.90 Å². The van der Waals surface area contributed by atoms with Crippen LogP contribution < -0.4 is 4.90 Å². The third-order valence-corrected chi connectivity index (χ3v) is 4.49. The van der Waals surface area contributed by atoms with Gasteiger partial charge in [-0.2, -0.15) is 0 Å². The van der Waals surface area contributed by atoms with Crippen molar-refractivity contribution in [3.63, 3.8) is 0 Å². The van der Waals surface area contributed by atoms with E-state index in [0.29, 0.717) is 0 Å². The summed E-state index contributed by atoms with van der Waals surface area (Å²) in [4.78, 5) is 49.9. The number of amides is 1. The fourth-order valence-electron chi connectivity index (χ4n) is 3.17. The van der Waals surface area contributed by atoms with Crippen LogP contribution in [0.1, 0.15) is 15.9 Å². The molecule has 0 spiro atoms. The van der Waals surface area contributed by atoms with Gasteiger partial charge in [-0.15, -0.1) is 0 Å². The summed E-state index contributed by atoms with van der Waals surface area (Å²) in [5.41, 5.74) is 1.09. The van der Waals surface area contributed by atoms with Crippen LogP contribution in [-0.2, 0) is 11.2 Å². The Labute approximate surface area is 158 Å². The standard InChI is InChI=1S/C19H13N5O4/c25-17-15(8-12-4-6-20-7-5-12)19(26)23(18-16(17)10-21-11-22-18)13-2-1-3-14(9-13)24(27)28/h1-7,9-11,15H,8H2. The number of anilines is 2. The number of Topliss-reactive ketones (excluding diaryl/α,β-unsaturated/α-hetero) is 1. The molecule has 1 aliphatic rings. The van der Waals surface area contributed by atoms with Crippen LogP contribution in [0, 0.1) is 16.0 Å². The summed E-state index contributed by atoms with van der Waals surface area (Å²) in [5, 5.41) is 11.1. The zero-order valence-electron chi connectivity index (χ0n) is 14.4. The molecule has 1 aliphatic heterocycles. The maximum Gasteiger partial charge on any atom is 0.271 e. The molecule has 2 aromatic heterocycles. The SMILES string of the molecule is O=C1c2cncnc2N(c2cccc([N+](=O)[O-])c2)C(=O)C1Cc1ccncc1. The molecule has 0 N–H and O–H groups in total. The van der Waals surface area contributed by atoms with E-state index >= 15 is 0 Å². The van der Waals surface area contributed by atoms with Crippen molar-refractivity contribution in [1.82, 2.24) is 15.0 Å². The van der Waals surface area contributed by atoms with Gasteiger partial charge in [0.15, 0.2) is 11.6 Å². The Kier molecular flexibility index (Phi) is 4.32. The number of nitro benzene ring substituents is 1. The van der Waals surface area contributed by atoms with E-state index in [2.05, 4.69) is 15.0 Å². The lowest BCUT2D eigenvalue weighted by molar-refractivity contribution is -0.384. The van der Waals surface area contributed by atoms with Crippen molar-refractivity contribution < 1.29 is 14.5 Å². The monoisotopic (exact) mass is 375 g/mol. The molecular weight excluding hydrogens is 362 g/mol. The maximum atomic E-state index is 13.2. The molecule has 1 unspecified atom stereocenters. The van der Waals surface area contributed by atoms with Crippen LogP contribution in [0.15, 0.2) is 61.3 Å². The summed E-state index contributed by atoms with van der Waals surface area (Å²) in [5.74, 6) is -1.73. The first kappa shape index (κ1) is 17.4. The molecule has 138 valence electrons. The summed E-state index contributed by atoms with van der Waals surface area (Å²) < 4.78 is 0. The fourth-order valence-corrected chi connectivity index (χ4v) is 3.17. The molecule has 1 aromatic carbocycles. The predicted molar refractivity (Wildman–Crippen MR) is 98.0 cm³/mol. The van der Waals surface area contributed by atoms with Crippen molar-refractivity contribution in [3.8, 4) is 0 Å². The van der Waals surface area contributed by atoms with Gasteiger partial charge in [0.25, 0.3) is 5.69 Å². The summed E-state index contributed by atoms with van der Waals surface area (Å²) in [6.07, 6.45) is 5.94. The number of fused-ring (bicyclic) bond motifs is 1. The maximum absolute atomic E-state index is 13.2. The Bertz CT molecular complexity index is 1090. The second-order valence-corrected chi connectivity index (χ2v) is 6.19. The van der Waals surface area contributed by atoms with Crippen molar-refractivity contribution >= 4 is 28.9 Å². The van der Waals surface area contributed by atoms with Crippen LogP contribution in [0.3, 0.4) is 0 Å². The van der Waals surface area contributed by atoms with Gasteiger partial charge in [0.1, 0.15) is 12.2 Å². The van der Waals surface area contributed by atoms with Crippen LogP contribution in [0.5, 0.6) is 0 Å². The first-order valence-electron chi connectivity index (χ1n) is 8.38. The van der Waals surface area contributed by atoms with Gasteiger partial charge in [0.05, 0.1) is 16.2 Å². The van der Waals surface area contributed by atoms with Crippen molar-refractivity contribution in [2.24, 2.45) is 5.92 Å². The van der Waals surface area contributed by atoms with E-state index < -0.39 is 16.7 Å². The van der Waals surface area contributed by atoms with Crippen molar-refractivity contribution in [3.05, 3.63) is 82.6 Å². The average Bonchev–Trinajstić information content (AvgIpc) is 2.72. The Morgan fingerprint density at radius 2 is 1.89 bits per heavy atom. The molecule has 0 bridgehead atoms. The molecule has 9 heteroatoms. The molecule has 0 saturated heterocycles. The number of nitrogens with zero attached hydrogens (tertiary/aromatic N) is 5. The Hall–Kier alpha value is -4.01. The first-order valence-corrected chi connectivity index (χ1v) is 8.38. The Balaban J connectivity index is 1.82. The first-order chi connectivity index (χ1) is 13.6. The van der Waals surface area contributed by atoms with Gasteiger partial charge in [-0.3, -0.25) is 29.6 Å². The minimum atomic E-state index is -0.986. The predicted octanol–water partition coefficient (Wildman–Crippen LogP) is 2.50. The number of non-ortho nitro benzene ring substituents is 1. The van der Waals surface area contributed by atoms with Crippen LogP contribution in [0.4, 0.5) is 17.2 Å². The van der Waals surface area contributed by atoms with E-state index in [4.69, 9.17) is 0 Å². The molecule has 3 aromatic rings. The van der Waals surface area contributed by atoms with Crippen LogP contribution >= 0.6 is 0 Å². The van der Waals surface area contributed by atoms with E-state index in [1.807, 2.05) is 0 Å². The third kappa shape index (κ3) is 2.98. The highest BCUT2D eigenvalue weighted by Crippen LogP contribution is 2.36. The molecule has 0 aliphatic carbocycles. The molecule has 0 fully saturated rings. The number of benzene rings is 1. The molecule has 0 radical (unpaired) electrons. The molecule has 3 heterocycles. The number of carbonyl (C=O) groups is 2. The van der Waals surface area contributed by atoms with Crippen molar-refractivity contribution in [1.29, 1.82) is 0 Å². The summed E-state index contributed by atoms with van der Waals surface area (Å²) in [6, 6.07) is 9.12. The second kappa shape index (κ2) is 6.95. The number of ketones is 1. The Morgan fingerprint density at radius 1 is 1.11 bits per heavy atom. The van der Waals surface area contributed by atoms with E-state index in [-0.39, 0.29) is 35.0 Å². The molecule has 4 rings (SSSR count). The minimum Gasteiger partial charge on any atom is -0.293 e. The normalized spacial score (nSPS) is 16.0. The lowest BCUT2D eigenvalue weighted by Crippen LogP contribution is -2.43. The highest BCUT2D eigenvalue weighted by Gasteiger charge is 2.41. The minimum absolute atomic E-state index is 0.122. The molecular formula is C19H13N5O4. The number of pyridine rings is 1. The number of carbonyl (C=O) groups excluding carboxylic acids is 2. The van der Waals surface area contributed by atoms with Gasteiger partial charge in [-0.1, -0.05) is 6.07 Å². The summed E-state index contributed by atoms with van der Waals surface area (Å²) in [6.45, 7) is 0. The number of aromatic nitrogens is 3. The lowest BCUT2D eigenvalue weighted by Gasteiger charge is -2.31. The van der Waals surface area contributed by atoms with Crippen LogP contribution in [0.25, 0.3) is 0 Å². The molecule has 1 amide bonds. The molecule has 28 heavy (non-hydrogen) atoms. The van der Waals surface area contributed by atoms with Crippen molar-refractivity contribution in [2.45, 2.75) is 6.42 Å². The van der Waals surface area contributed by atoms with E-state index in [9.17, 15) is 19.7 Å². The van der Waals surface area contributed by atoms with E-state index in [0.717, 1.165) is 5.56 Å². The van der Waals surface area contributed by atoms with Crippen LogP contribution in [-0.4, -0.2) is 31.6 Å². The quantitative estimate of drug-likeness (QED) is 0.390. The molecule has 9 nitrogen and oxygen atoms in total. The zero-order chi connectivity index (χ0) is 19.7. The number of rotatable bonds is 4. The zero-order valence-corrected chi connectivity index (χ0v) is 14.4. The third-order valence-electron chi connectivity index (χ3n) is 4.49. The van der Waals surface area contributed by atoms with Gasteiger partial charge in [0.2, 0.25) is 5.91 Å². The fraction of sp³-hybridized carbons (Fsp3) is 0.105. The van der Waals surface area contributed by atoms with Crippen LogP contribution in [0.2, 0.25) is 0 Å². The van der Waals surface area contributed by atoms with Gasteiger partial charge < -0.3 is 0 Å². The van der Waals surface area contributed by atoms with E-state index in [1.54, 1.807) is 30.6 Å². The molecule has 0 saturated carbocycles. The topological polar surface area (TPSA) is 119 Å². The second-order valence-electron chi connectivity index (χ2n) is 6.19. The number of nitro groups is 1. The molecule has 1 atom stereocenters. The Morgan fingerprint density at radius 3 is 2.64 bits per heavy atom. The summed E-state index contributed by atoms with van der Waals surface area (Å²) >= 11 is 0. The van der Waals surface area contributed by atoms with Gasteiger partial charge in [-0.05, 0) is 30.2 Å². The largest absolute Gasteiger partial charge is 0.293 e. The highest BCUT2D eigenvalue weighted by atomic mass is 16.6. The average molecular weight is 375 g/mol. The van der Waals surface area contributed by atoms with E-state index in [1.165, 1.54) is 35.6 Å². The lowest BCUT2D eigenvalue weighted by atomic mass is 9.87. The smallest absolute Gasteiger partial charge is 0.271 e. The van der Waals surface area contributed by atoms with Gasteiger partial charge >= 0.3 is 0 Å². The summed E-state index contributed by atoms with van der Waals surface area (Å²) in [7, 11) is 0.